The summed E-state index contributed by atoms with van der Waals surface area (Å²) in [4.78, 5) is 22.8. The molecule has 2 heterocycles. The van der Waals surface area contributed by atoms with E-state index in [9.17, 15) is 19.3 Å². The second-order valence-electron chi connectivity index (χ2n) is 6.45. The number of amides is 1. The van der Waals surface area contributed by atoms with Crippen LogP contribution in [0.4, 0.5) is 15.9 Å². The number of anilines is 1. The van der Waals surface area contributed by atoms with E-state index in [0.717, 1.165) is 0 Å². The highest BCUT2D eigenvalue weighted by Gasteiger charge is 2.22. The lowest BCUT2D eigenvalue weighted by Gasteiger charge is -2.05. The van der Waals surface area contributed by atoms with Crippen LogP contribution in [-0.4, -0.2) is 30.4 Å². The fourth-order valence-corrected chi connectivity index (χ4v) is 3.15. The summed E-state index contributed by atoms with van der Waals surface area (Å²) in [5.41, 5.74) is 1.34. The molecule has 0 aliphatic carbocycles. The van der Waals surface area contributed by atoms with E-state index in [2.05, 4.69) is 15.5 Å². The average Bonchev–Trinajstić information content (AvgIpc) is 3.11. The lowest BCUT2D eigenvalue weighted by molar-refractivity contribution is -0.386. The lowest BCUT2D eigenvalue weighted by atomic mass is 10.2. The Morgan fingerprint density at radius 1 is 1.34 bits per heavy atom. The van der Waals surface area contributed by atoms with Crippen LogP contribution in [0.25, 0.3) is 0 Å². The molecule has 2 aromatic heterocycles. The van der Waals surface area contributed by atoms with Crippen LogP contribution in [0.2, 0.25) is 5.02 Å². The molecule has 11 heteroatoms. The first-order valence-electron chi connectivity index (χ1n) is 8.70. The third-order valence-corrected chi connectivity index (χ3v) is 4.56. The second kappa shape index (κ2) is 8.39. The van der Waals surface area contributed by atoms with Crippen LogP contribution in [0.15, 0.2) is 30.5 Å². The largest absolute Gasteiger partial charge is 0.312 e. The Kier molecular flexibility index (Phi) is 5.92. The molecule has 1 aromatic carbocycles. The van der Waals surface area contributed by atoms with Crippen molar-refractivity contribution in [3.05, 3.63) is 68.4 Å². The predicted molar refractivity (Wildman–Crippen MR) is 104 cm³/mol. The zero-order valence-corrected chi connectivity index (χ0v) is 16.5. The molecule has 0 fully saturated rings. The number of halogens is 2. The fraction of sp³-hybridized carbons (Fsp3) is 0.278. The Hall–Kier alpha value is -3.27. The SMILES string of the molecule is Cc1nn(CCC(=O)Nc2nn(Cc3cccc(F)c3)cc2Cl)c(C)c1[N+](=O)[O-]. The molecule has 0 atom stereocenters. The van der Waals surface area contributed by atoms with Gasteiger partial charge in [0.25, 0.3) is 0 Å². The van der Waals surface area contributed by atoms with Gasteiger partial charge in [0.05, 0.1) is 18.0 Å². The van der Waals surface area contributed by atoms with Crippen molar-refractivity contribution >= 4 is 29.0 Å². The van der Waals surface area contributed by atoms with Crippen molar-refractivity contribution in [2.24, 2.45) is 0 Å². The van der Waals surface area contributed by atoms with Crippen molar-refractivity contribution in [3.8, 4) is 0 Å². The van der Waals surface area contributed by atoms with Gasteiger partial charge in [-0.15, -0.1) is 0 Å². The number of nitrogens with zero attached hydrogens (tertiary/aromatic N) is 5. The summed E-state index contributed by atoms with van der Waals surface area (Å²) in [5.74, 6) is -0.524. The number of hydrogen-bond acceptors (Lipinski definition) is 5. The highest BCUT2D eigenvalue weighted by molar-refractivity contribution is 6.33. The van der Waals surface area contributed by atoms with Crippen LogP contribution in [0.5, 0.6) is 0 Å². The van der Waals surface area contributed by atoms with E-state index in [1.807, 2.05) is 0 Å². The molecule has 9 nitrogen and oxygen atoms in total. The number of benzene rings is 1. The van der Waals surface area contributed by atoms with Gasteiger partial charge in [0, 0.05) is 12.6 Å². The predicted octanol–water partition coefficient (Wildman–Crippen LogP) is 3.47. The summed E-state index contributed by atoms with van der Waals surface area (Å²) in [7, 11) is 0. The van der Waals surface area contributed by atoms with E-state index in [-0.39, 0.29) is 41.2 Å². The number of carbonyl (C=O) groups excluding carboxylic acids is 1. The van der Waals surface area contributed by atoms with Crippen LogP contribution >= 0.6 is 11.6 Å². The van der Waals surface area contributed by atoms with Crippen molar-refractivity contribution in [3.63, 3.8) is 0 Å². The van der Waals surface area contributed by atoms with Crippen LogP contribution in [0.3, 0.4) is 0 Å². The molecule has 0 aliphatic heterocycles. The van der Waals surface area contributed by atoms with Gasteiger partial charge >= 0.3 is 5.69 Å². The number of hydrogen-bond donors (Lipinski definition) is 1. The Morgan fingerprint density at radius 2 is 2.10 bits per heavy atom. The fourth-order valence-electron chi connectivity index (χ4n) is 2.96. The smallest absolute Gasteiger partial charge is 0.308 e. The van der Waals surface area contributed by atoms with Gasteiger partial charge in [-0.25, -0.2) is 4.39 Å². The molecule has 3 aromatic rings. The maximum atomic E-state index is 13.3. The number of aromatic nitrogens is 4. The van der Waals surface area contributed by atoms with Gasteiger partial charge in [-0.3, -0.25) is 24.3 Å². The van der Waals surface area contributed by atoms with Gasteiger partial charge in [0.1, 0.15) is 22.2 Å². The topological polar surface area (TPSA) is 108 Å². The number of rotatable bonds is 7. The third kappa shape index (κ3) is 4.77. The Balaban J connectivity index is 1.62. The van der Waals surface area contributed by atoms with Gasteiger partial charge in [-0.1, -0.05) is 23.7 Å². The molecule has 0 unspecified atom stereocenters. The van der Waals surface area contributed by atoms with Gasteiger partial charge < -0.3 is 5.32 Å². The molecule has 0 saturated heterocycles. The van der Waals surface area contributed by atoms with E-state index in [1.54, 1.807) is 26.0 Å². The van der Waals surface area contributed by atoms with Crippen molar-refractivity contribution in [2.45, 2.75) is 33.4 Å². The average molecular weight is 421 g/mol. The number of nitrogens with one attached hydrogen (secondary N) is 1. The van der Waals surface area contributed by atoms with Crippen molar-refractivity contribution in [1.29, 1.82) is 0 Å². The van der Waals surface area contributed by atoms with Gasteiger partial charge in [-0.05, 0) is 31.5 Å². The monoisotopic (exact) mass is 420 g/mol. The van der Waals surface area contributed by atoms with E-state index >= 15 is 0 Å². The van der Waals surface area contributed by atoms with Crippen LogP contribution in [0.1, 0.15) is 23.4 Å². The third-order valence-electron chi connectivity index (χ3n) is 4.28. The maximum absolute atomic E-state index is 13.3. The first kappa shape index (κ1) is 20.5. The highest BCUT2D eigenvalue weighted by atomic mass is 35.5. The van der Waals surface area contributed by atoms with Gasteiger partial charge in [0.15, 0.2) is 5.82 Å². The summed E-state index contributed by atoms with van der Waals surface area (Å²) >= 11 is 6.12. The number of nitro groups is 1. The molecule has 1 amide bonds. The van der Waals surface area contributed by atoms with E-state index in [4.69, 9.17) is 11.6 Å². The summed E-state index contributed by atoms with van der Waals surface area (Å²) < 4.78 is 16.2. The first-order valence-corrected chi connectivity index (χ1v) is 9.08. The maximum Gasteiger partial charge on any atom is 0.312 e. The Morgan fingerprint density at radius 3 is 2.76 bits per heavy atom. The van der Waals surface area contributed by atoms with Gasteiger partial charge in [0.2, 0.25) is 5.91 Å². The van der Waals surface area contributed by atoms with Crippen LogP contribution in [0, 0.1) is 29.8 Å². The van der Waals surface area contributed by atoms with E-state index in [1.165, 1.54) is 27.7 Å². The molecular formula is C18H18ClFN6O3. The summed E-state index contributed by atoms with van der Waals surface area (Å²) in [5, 5.41) is 22.2. The molecule has 0 aliphatic rings. The normalized spacial score (nSPS) is 10.9. The van der Waals surface area contributed by atoms with Crippen molar-refractivity contribution in [2.75, 3.05) is 5.32 Å². The zero-order valence-electron chi connectivity index (χ0n) is 15.7. The number of carbonyl (C=O) groups is 1. The first-order chi connectivity index (χ1) is 13.7. The summed E-state index contributed by atoms with van der Waals surface area (Å²) in [6.07, 6.45) is 1.57. The van der Waals surface area contributed by atoms with E-state index in [0.29, 0.717) is 23.5 Å². The minimum absolute atomic E-state index is 0.0339. The molecule has 1 N–H and O–H groups in total. The molecule has 0 bridgehead atoms. The zero-order chi connectivity index (χ0) is 21.1. The molecule has 0 saturated carbocycles. The standard InChI is InChI=1S/C18H18ClFN6O3/c1-11-17(26(28)29)12(2)25(22-11)7-6-16(27)21-18-15(19)10-24(23-18)9-13-4-3-5-14(20)8-13/h3-5,8,10H,6-7,9H2,1-2H3,(H,21,23,27). The molecule has 3 rings (SSSR count). The minimum atomic E-state index is -0.487. The Labute approximate surface area is 170 Å². The molecular weight excluding hydrogens is 403 g/mol. The minimum Gasteiger partial charge on any atom is -0.308 e. The molecule has 0 radical (unpaired) electrons. The van der Waals surface area contributed by atoms with Crippen LogP contribution < -0.4 is 5.32 Å². The van der Waals surface area contributed by atoms with Crippen molar-refractivity contribution in [1.82, 2.24) is 19.6 Å². The second-order valence-corrected chi connectivity index (χ2v) is 6.86. The number of aryl methyl sites for hydroxylation is 2. The van der Waals surface area contributed by atoms with Gasteiger partial charge in [-0.2, -0.15) is 10.2 Å². The van der Waals surface area contributed by atoms with Crippen LogP contribution in [-0.2, 0) is 17.9 Å². The van der Waals surface area contributed by atoms with E-state index < -0.39 is 4.92 Å². The molecule has 0 spiro atoms. The Bertz CT molecular complexity index is 1080. The summed E-state index contributed by atoms with van der Waals surface area (Å²) in [6.45, 7) is 3.60. The lowest BCUT2D eigenvalue weighted by Crippen LogP contribution is -2.16. The molecule has 152 valence electrons. The summed E-state index contributed by atoms with van der Waals surface area (Å²) in [6, 6.07) is 6.09. The molecule has 29 heavy (non-hydrogen) atoms. The van der Waals surface area contributed by atoms with Crippen molar-refractivity contribution < 1.29 is 14.1 Å². The quantitative estimate of drug-likeness (QED) is 0.465. The highest BCUT2D eigenvalue weighted by Crippen LogP contribution is 2.23.